The molecule has 0 bridgehead atoms. The standard InChI is InChI=1S/C17H26N2/c1-4-11-19(12-5-1)13-10-18-17-9-8-15-6-2-3-7-16(15)14-17/h2-3,6-7,17-18H,1,4-5,8-14H2/t17-/m0/s1. The van der Waals surface area contributed by atoms with Crippen molar-refractivity contribution in [3.05, 3.63) is 35.4 Å². The van der Waals surface area contributed by atoms with E-state index in [0.29, 0.717) is 6.04 Å². The van der Waals surface area contributed by atoms with Crippen LogP contribution in [0.2, 0.25) is 0 Å². The van der Waals surface area contributed by atoms with Crippen LogP contribution >= 0.6 is 0 Å². The van der Waals surface area contributed by atoms with Crippen LogP contribution in [0.25, 0.3) is 0 Å². The minimum Gasteiger partial charge on any atom is -0.312 e. The van der Waals surface area contributed by atoms with E-state index in [4.69, 9.17) is 0 Å². The molecule has 1 aliphatic carbocycles. The number of fused-ring (bicyclic) bond motifs is 1. The van der Waals surface area contributed by atoms with Gasteiger partial charge in [0.15, 0.2) is 0 Å². The molecular formula is C17H26N2. The molecule has 1 saturated heterocycles. The van der Waals surface area contributed by atoms with E-state index < -0.39 is 0 Å². The van der Waals surface area contributed by atoms with Gasteiger partial charge in [0, 0.05) is 19.1 Å². The average molecular weight is 258 g/mol. The molecule has 0 amide bonds. The highest BCUT2D eigenvalue weighted by Gasteiger charge is 2.17. The summed E-state index contributed by atoms with van der Waals surface area (Å²) in [5, 5.41) is 3.77. The summed E-state index contributed by atoms with van der Waals surface area (Å²) in [6.07, 6.45) is 8.00. The first-order chi connectivity index (χ1) is 9.42. The van der Waals surface area contributed by atoms with Crippen molar-refractivity contribution in [1.82, 2.24) is 10.2 Å². The molecule has 2 nitrogen and oxygen atoms in total. The summed E-state index contributed by atoms with van der Waals surface area (Å²) < 4.78 is 0. The molecule has 1 N–H and O–H groups in total. The molecule has 0 saturated carbocycles. The van der Waals surface area contributed by atoms with Crippen LogP contribution in [0.15, 0.2) is 24.3 Å². The van der Waals surface area contributed by atoms with Gasteiger partial charge < -0.3 is 10.2 Å². The molecule has 3 rings (SSSR count). The van der Waals surface area contributed by atoms with Gasteiger partial charge >= 0.3 is 0 Å². The highest BCUT2D eigenvalue weighted by atomic mass is 15.1. The first-order valence-electron chi connectivity index (χ1n) is 7.94. The third-order valence-electron chi connectivity index (χ3n) is 4.66. The molecule has 1 aromatic carbocycles. The Morgan fingerprint density at radius 1 is 1.05 bits per heavy atom. The van der Waals surface area contributed by atoms with Crippen LogP contribution < -0.4 is 5.32 Å². The van der Waals surface area contributed by atoms with Crippen molar-refractivity contribution >= 4 is 0 Å². The molecule has 2 heteroatoms. The lowest BCUT2D eigenvalue weighted by atomic mass is 9.88. The highest BCUT2D eigenvalue weighted by molar-refractivity contribution is 5.30. The van der Waals surface area contributed by atoms with Gasteiger partial charge in [-0.1, -0.05) is 30.7 Å². The van der Waals surface area contributed by atoms with Crippen LogP contribution in [-0.4, -0.2) is 37.1 Å². The Morgan fingerprint density at radius 2 is 1.84 bits per heavy atom. The molecule has 0 radical (unpaired) electrons. The number of nitrogens with zero attached hydrogens (tertiary/aromatic N) is 1. The molecule has 0 unspecified atom stereocenters. The number of benzene rings is 1. The number of rotatable bonds is 4. The van der Waals surface area contributed by atoms with Crippen LogP contribution in [0.1, 0.15) is 36.8 Å². The Morgan fingerprint density at radius 3 is 2.68 bits per heavy atom. The van der Waals surface area contributed by atoms with Crippen molar-refractivity contribution in [3.8, 4) is 0 Å². The van der Waals surface area contributed by atoms with E-state index in [-0.39, 0.29) is 0 Å². The molecule has 1 heterocycles. The average Bonchev–Trinajstić information content (AvgIpc) is 2.48. The Kier molecular flexibility index (Phi) is 4.52. The van der Waals surface area contributed by atoms with Gasteiger partial charge in [0.05, 0.1) is 0 Å². The lowest BCUT2D eigenvalue weighted by molar-refractivity contribution is 0.225. The van der Waals surface area contributed by atoms with E-state index >= 15 is 0 Å². The minimum atomic E-state index is 0.694. The lowest BCUT2D eigenvalue weighted by Gasteiger charge is -2.29. The maximum Gasteiger partial charge on any atom is 0.0111 e. The van der Waals surface area contributed by atoms with Crippen LogP contribution in [-0.2, 0) is 12.8 Å². The topological polar surface area (TPSA) is 15.3 Å². The number of piperidine rings is 1. The summed E-state index contributed by atoms with van der Waals surface area (Å²) in [6.45, 7) is 5.02. The molecular weight excluding hydrogens is 232 g/mol. The van der Waals surface area contributed by atoms with Crippen LogP contribution in [0.3, 0.4) is 0 Å². The second-order valence-corrected chi connectivity index (χ2v) is 6.06. The maximum absolute atomic E-state index is 3.77. The number of aryl methyl sites for hydroxylation is 1. The normalized spacial score (nSPS) is 24.1. The van der Waals surface area contributed by atoms with Crippen molar-refractivity contribution in [1.29, 1.82) is 0 Å². The monoisotopic (exact) mass is 258 g/mol. The molecule has 104 valence electrons. The molecule has 2 aliphatic rings. The largest absolute Gasteiger partial charge is 0.312 e. The van der Waals surface area contributed by atoms with E-state index in [2.05, 4.69) is 34.5 Å². The molecule has 0 aromatic heterocycles. The van der Waals surface area contributed by atoms with Crippen LogP contribution in [0, 0.1) is 0 Å². The fraction of sp³-hybridized carbons (Fsp3) is 0.647. The molecule has 1 atom stereocenters. The van der Waals surface area contributed by atoms with E-state index in [1.165, 1.54) is 58.2 Å². The van der Waals surface area contributed by atoms with Crippen molar-refractivity contribution in [2.75, 3.05) is 26.2 Å². The van der Waals surface area contributed by atoms with Crippen molar-refractivity contribution in [3.63, 3.8) is 0 Å². The van der Waals surface area contributed by atoms with Gasteiger partial charge in [-0.15, -0.1) is 0 Å². The maximum atomic E-state index is 3.77. The summed E-state index contributed by atoms with van der Waals surface area (Å²) in [7, 11) is 0. The minimum absolute atomic E-state index is 0.694. The van der Waals surface area contributed by atoms with E-state index in [1.54, 1.807) is 11.1 Å². The fourth-order valence-corrected chi connectivity index (χ4v) is 3.48. The number of nitrogens with one attached hydrogen (secondary N) is 1. The predicted octanol–water partition coefficient (Wildman–Crippen LogP) is 2.62. The number of hydrogen-bond acceptors (Lipinski definition) is 2. The number of hydrogen-bond donors (Lipinski definition) is 1. The van der Waals surface area contributed by atoms with Gasteiger partial charge in [0.1, 0.15) is 0 Å². The first-order valence-corrected chi connectivity index (χ1v) is 7.94. The predicted molar refractivity (Wildman–Crippen MR) is 80.5 cm³/mol. The van der Waals surface area contributed by atoms with Gasteiger partial charge in [-0.05, 0) is 56.3 Å². The highest BCUT2D eigenvalue weighted by Crippen LogP contribution is 2.20. The molecule has 1 fully saturated rings. The summed E-state index contributed by atoms with van der Waals surface area (Å²) in [6, 6.07) is 9.63. The van der Waals surface area contributed by atoms with Gasteiger partial charge in [0.2, 0.25) is 0 Å². The second-order valence-electron chi connectivity index (χ2n) is 6.06. The van der Waals surface area contributed by atoms with Crippen molar-refractivity contribution in [2.24, 2.45) is 0 Å². The number of likely N-dealkylation sites (tertiary alicyclic amines) is 1. The smallest absolute Gasteiger partial charge is 0.0111 e. The summed E-state index contributed by atoms with van der Waals surface area (Å²) in [5.41, 5.74) is 3.13. The van der Waals surface area contributed by atoms with Crippen molar-refractivity contribution in [2.45, 2.75) is 44.6 Å². The van der Waals surface area contributed by atoms with Crippen LogP contribution in [0.5, 0.6) is 0 Å². The Bertz CT molecular complexity index is 396. The quantitative estimate of drug-likeness (QED) is 0.893. The van der Waals surface area contributed by atoms with Gasteiger partial charge in [-0.3, -0.25) is 0 Å². The molecule has 1 aliphatic heterocycles. The molecule has 19 heavy (non-hydrogen) atoms. The zero-order chi connectivity index (χ0) is 12.9. The second kappa shape index (κ2) is 6.53. The zero-order valence-corrected chi connectivity index (χ0v) is 11.9. The Hall–Kier alpha value is -0.860. The first kappa shape index (κ1) is 13.1. The Labute approximate surface area is 117 Å². The van der Waals surface area contributed by atoms with E-state index in [0.717, 1.165) is 6.54 Å². The van der Waals surface area contributed by atoms with Gasteiger partial charge in [-0.2, -0.15) is 0 Å². The Balaban J connectivity index is 1.42. The SMILES string of the molecule is c1ccc2c(c1)CC[C@H](NCCN1CCCCC1)C2. The summed E-state index contributed by atoms with van der Waals surface area (Å²) in [4.78, 5) is 2.62. The molecule has 1 aromatic rings. The summed E-state index contributed by atoms with van der Waals surface area (Å²) >= 11 is 0. The van der Waals surface area contributed by atoms with Gasteiger partial charge in [0.25, 0.3) is 0 Å². The van der Waals surface area contributed by atoms with Crippen molar-refractivity contribution < 1.29 is 0 Å². The third-order valence-corrected chi connectivity index (χ3v) is 4.66. The fourth-order valence-electron chi connectivity index (χ4n) is 3.48. The van der Waals surface area contributed by atoms with Gasteiger partial charge in [-0.25, -0.2) is 0 Å². The lowest BCUT2D eigenvalue weighted by Crippen LogP contribution is -2.41. The van der Waals surface area contributed by atoms with E-state index in [1.807, 2.05) is 0 Å². The zero-order valence-electron chi connectivity index (χ0n) is 11.9. The van der Waals surface area contributed by atoms with Crippen LogP contribution in [0.4, 0.5) is 0 Å². The molecule has 0 spiro atoms. The van der Waals surface area contributed by atoms with E-state index in [9.17, 15) is 0 Å². The third kappa shape index (κ3) is 3.58. The summed E-state index contributed by atoms with van der Waals surface area (Å²) in [5.74, 6) is 0.